The number of hydrogen-bond donors (Lipinski definition) is 2. The van der Waals surface area contributed by atoms with Gasteiger partial charge < -0.3 is 0 Å². The van der Waals surface area contributed by atoms with Crippen molar-refractivity contribution in [3.05, 3.63) is 0 Å². The van der Waals surface area contributed by atoms with Crippen molar-refractivity contribution < 1.29 is 41.1 Å². The Bertz CT molecular complexity index is 1080. The van der Waals surface area contributed by atoms with Gasteiger partial charge >= 0.3 is 222 Å². The molecule has 1 spiro atoms. The molecule has 2 rings (SSSR count). The molecule has 13 heteroatoms. The second kappa shape index (κ2) is 32.5. The number of carbonyl (C=O) groups excluding carboxylic acids is 6. The van der Waals surface area contributed by atoms with Gasteiger partial charge in [0, 0.05) is 0 Å². The minimum absolute atomic E-state index is 0.177. The van der Waals surface area contributed by atoms with Crippen LogP contribution in [-0.4, -0.2) is 67.8 Å². The van der Waals surface area contributed by atoms with Gasteiger partial charge in [-0.05, 0) is 0 Å². The Balaban J connectivity index is 1.60. The van der Waals surface area contributed by atoms with Crippen LogP contribution in [0.5, 0.6) is 0 Å². The average molecular weight is 914 g/mol. The normalized spacial score (nSPS) is 19.6. The summed E-state index contributed by atoms with van der Waals surface area (Å²) in [5.41, 5.74) is 0. The summed E-state index contributed by atoms with van der Waals surface area (Å²) in [5.74, 6) is -4.97. The molecular weight excluding hydrogens is 835 g/mol. The first-order valence-corrected chi connectivity index (χ1v) is 27.8. The van der Waals surface area contributed by atoms with Gasteiger partial charge in [-0.2, -0.15) is 0 Å². The van der Waals surface area contributed by atoms with Gasteiger partial charge in [0.1, 0.15) is 0 Å². The van der Waals surface area contributed by atoms with Crippen LogP contribution in [-0.2, 0) is 41.1 Å². The number of amides is 2. The standard InChI is InChI=1S/2C22H41NO5.Sn/c2*1-2-3-4-5-6-7-8-9-10-11-12-13-14-15-16-17-20(24)23-19(22(27)28)18-21(25)26;/h2*19H,2-18H2,1H3,(H,23,24)(H,25,26)(H,27,28);/q;;+4/p-4/t2*19-;/m10./s1. The van der Waals surface area contributed by atoms with E-state index in [2.05, 4.69) is 24.5 Å². The van der Waals surface area contributed by atoms with Gasteiger partial charge in [-0.3, -0.25) is 0 Å². The molecule has 2 heterocycles. The molecule has 0 aromatic heterocycles. The molecule has 12 nitrogen and oxygen atoms in total. The Morgan fingerprint density at radius 2 is 0.667 bits per heavy atom. The fourth-order valence-corrected chi connectivity index (χ4v) is 12.4. The molecule has 328 valence electrons. The fourth-order valence-electron chi connectivity index (χ4n) is 7.44. The topological polar surface area (TPSA) is 163 Å². The zero-order valence-corrected chi connectivity index (χ0v) is 38.6. The van der Waals surface area contributed by atoms with E-state index in [1.807, 2.05) is 0 Å². The van der Waals surface area contributed by atoms with Crippen LogP contribution in [0.1, 0.15) is 232 Å². The Morgan fingerprint density at radius 3 is 0.930 bits per heavy atom. The second-order valence-electron chi connectivity index (χ2n) is 16.3. The zero-order chi connectivity index (χ0) is 41.4. The summed E-state index contributed by atoms with van der Waals surface area (Å²) >= 11 is -5.89. The van der Waals surface area contributed by atoms with Crippen molar-refractivity contribution in [2.45, 2.75) is 244 Å². The average Bonchev–Trinajstić information content (AvgIpc) is 3.35. The molecule has 57 heavy (non-hydrogen) atoms. The van der Waals surface area contributed by atoms with E-state index in [1.165, 1.54) is 141 Å². The summed E-state index contributed by atoms with van der Waals surface area (Å²) in [6.45, 7) is 4.49. The van der Waals surface area contributed by atoms with Gasteiger partial charge in [-0.25, -0.2) is 0 Å². The van der Waals surface area contributed by atoms with Crippen LogP contribution in [0.25, 0.3) is 0 Å². The van der Waals surface area contributed by atoms with E-state index in [9.17, 15) is 28.8 Å². The van der Waals surface area contributed by atoms with Crippen molar-refractivity contribution in [2.75, 3.05) is 0 Å². The second-order valence-corrected chi connectivity index (χ2v) is 21.5. The number of rotatable bonds is 34. The fraction of sp³-hybridized carbons (Fsp3) is 0.864. The Hall–Kier alpha value is -2.38. The predicted molar refractivity (Wildman–Crippen MR) is 222 cm³/mol. The van der Waals surface area contributed by atoms with Gasteiger partial charge in [0.15, 0.2) is 0 Å². The minimum atomic E-state index is -5.89. The van der Waals surface area contributed by atoms with E-state index in [0.29, 0.717) is 12.8 Å². The third kappa shape index (κ3) is 25.0. The van der Waals surface area contributed by atoms with Gasteiger partial charge in [0.25, 0.3) is 0 Å². The van der Waals surface area contributed by atoms with Crippen molar-refractivity contribution in [3.63, 3.8) is 0 Å². The molecule has 0 aliphatic carbocycles. The van der Waals surface area contributed by atoms with Crippen molar-refractivity contribution in [1.29, 1.82) is 0 Å². The first-order chi connectivity index (χ1) is 27.7. The predicted octanol–water partition coefficient (Wildman–Crippen LogP) is 9.89. The zero-order valence-electron chi connectivity index (χ0n) is 35.8. The van der Waals surface area contributed by atoms with Gasteiger partial charge in [-0.1, -0.05) is 129 Å². The number of hydrogen-bond acceptors (Lipinski definition) is 10. The molecule has 1 unspecified atom stereocenters. The van der Waals surface area contributed by atoms with Gasteiger partial charge in [0.05, 0.1) is 0 Å². The van der Waals surface area contributed by atoms with Crippen molar-refractivity contribution in [1.82, 2.24) is 10.6 Å². The Kier molecular flexibility index (Phi) is 28.9. The van der Waals surface area contributed by atoms with E-state index < -0.39 is 80.7 Å². The summed E-state index contributed by atoms with van der Waals surface area (Å²) in [6.07, 6.45) is 35.4. The van der Waals surface area contributed by atoms with E-state index in [4.69, 9.17) is 12.3 Å². The number of unbranched alkanes of at least 4 members (excludes halogenated alkanes) is 28. The van der Waals surface area contributed by atoms with E-state index >= 15 is 0 Å². The number of carbonyl (C=O) groups is 6. The molecule has 2 fully saturated rings. The Labute approximate surface area is 350 Å². The molecule has 2 saturated heterocycles. The van der Waals surface area contributed by atoms with Crippen LogP contribution < -0.4 is 10.6 Å². The van der Waals surface area contributed by atoms with Gasteiger partial charge in [-0.15, -0.1) is 0 Å². The maximum atomic E-state index is 13.0. The maximum absolute atomic E-state index is 13.0. The van der Waals surface area contributed by atoms with Crippen LogP contribution >= 0.6 is 0 Å². The Morgan fingerprint density at radius 1 is 0.421 bits per heavy atom. The van der Waals surface area contributed by atoms with Crippen molar-refractivity contribution in [2.24, 2.45) is 0 Å². The molecule has 2 aliphatic heterocycles. The summed E-state index contributed by atoms with van der Waals surface area (Å²) in [4.78, 5) is 76.7. The molecule has 2 N–H and O–H groups in total. The summed E-state index contributed by atoms with van der Waals surface area (Å²) in [7, 11) is 0. The third-order valence-electron chi connectivity index (χ3n) is 10.9. The molecule has 2 aliphatic rings. The van der Waals surface area contributed by atoms with E-state index in [0.717, 1.165) is 38.5 Å². The van der Waals surface area contributed by atoms with Crippen molar-refractivity contribution in [3.8, 4) is 0 Å². The monoisotopic (exact) mass is 914 g/mol. The quantitative estimate of drug-likeness (QED) is 0.0469. The third-order valence-corrected chi connectivity index (χ3v) is 16.2. The molecule has 0 bridgehead atoms. The molecule has 3 atom stereocenters. The molecule has 0 aromatic rings. The van der Waals surface area contributed by atoms with Crippen LogP contribution in [0.3, 0.4) is 0 Å². The number of nitrogens with one attached hydrogen (secondary N) is 2. The SMILES string of the molecule is CCCCCCCCCCCCCCCCCC(=O)N[C@H]1CC(=O)[O][Sn]2([O]C(=O)C[C@@H](NC(=O)CCCCCCCCCCCCCCCCC)C(=O)[O]2)[O]C1=O. The van der Waals surface area contributed by atoms with Crippen molar-refractivity contribution >= 4 is 55.7 Å². The van der Waals surface area contributed by atoms with E-state index in [1.54, 1.807) is 0 Å². The van der Waals surface area contributed by atoms with Crippen LogP contribution in [0.4, 0.5) is 0 Å². The molecule has 0 radical (unpaired) electrons. The summed E-state index contributed by atoms with van der Waals surface area (Å²) in [5, 5.41) is 5.04. The van der Waals surface area contributed by atoms with Crippen LogP contribution in [0.2, 0.25) is 0 Å². The first kappa shape index (κ1) is 50.8. The van der Waals surface area contributed by atoms with Crippen LogP contribution in [0.15, 0.2) is 0 Å². The molecule has 0 saturated carbocycles. The molecule has 0 aromatic carbocycles. The summed E-state index contributed by atoms with van der Waals surface area (Å²) < 4.78 is 21.1. The molecule has 2 amide bonds. The van der Waals surface area contributed by atoms with E-state index in [-0.39, 0.29) is 12.8 Å². The van der Waals surface area contributed by atoms with Gasteiger partial charge in [0.2, 0.25) is 0 Å². The first-order valence-electron chi connectivity index (χ1n) is 23.2. The summed E-state index contributed by atoms with van der Waals surface area (Å²) in [6, 6.07) is -2.74. The van der Waals surface area contributed by atoms with Crippen LogP contribution in [0, 0.1) is 0 Å². The molecular formula is C44H78N2O10Sn.